The van der Waals surface area contributed by atoms with Gasteiger partial charge < -0.3 is 15.0 Å². The van der Waals surface area contributed by atoms with E-state index in [9.17, 15) is 22.4 Å². The van der Waals surface area contributed by atoms with Gasteiger partial charge in [0.2, 0.25) is 21.8 Å². The summed E-state index contributed by atoms with van der Waals surface area (Å²) in [6.07, 6.45) is 6.59. The Morgan fingerprint density at radius 2 is 1.89 bits per heavy atom. The molecule has 0 unspecified atom stereocenters. The number of nitrogens with one attached hydrogen (secondary N) is 1. The first-order chi connectivity index (χ1) is 17.5. The number of aryl methyl sites for hydroxylation is 1. The van der Waals surface area contributed by atoms with E-state index in [4.69, 9.17) is 4.74 Å². The Balaban J connectivity index is 1.63. The molecule has 2 saturated heterocycles. The van der Waals surface area contributed by atoms with Crippen molar-refractivity contribution in [1.29, 1.82) is 0 Å². The highest BCUT2D eigenvalue weighted by molar-refractivity contribution is 7.88. The van der Waals surface area contributed by atoms with E-state index in [0.29, 0.717) is 30.7 Å². The van der Waals surface area contributed by atoms with E-state index in [-0.39, 0.29) is 30.2 Å². The molecule has 4 rings (SSSR count). The smallest absolute Gasteiger partial charge is 0.245 e. The molecule has 2 heterocycles. The van der Waals surface area contributed by atoms with E-state index < -0.39 is 40.1 Å². The molecule has 1 aromatic rings. The van der Waals surface area contributed by atoms with Gasteiger partial charge in [0.15, 0.2) is 0 Å². The molecule has 1 aromatic carbocycles. The van der Waals surface area contributed by atoms with Crippen LogP contribution in [0.4, 0.5) is 4.39 Å². The van der Waals surface area contributed by atoms with Gasteiger partial charge in [-0.1, -0.05) is 39.2 Å². The van der Waals surface area contributed by atoms with E-state index >= 15 is 0 Å². The summed E-state index contributed by atoms with van der Waals surface area (Å²) in [7, 11) is -3.55. The van der Waals surface area contributed by atoms with E-state index in [0.717, 1.165) is 32.1 Å². The largest absolute Gasteiger partial charge is 0.487 e. The Bertz CT molecular complexity index is 1110. The van der Waals surface area contributed by atoms with Crippen LogP contribution in [0.15, 0.2) is 18.2 Å². The second-order valence-corrected chi connectivity index (χ2v) is 12.9. The third-order valence-electron chi connectivity index (χ3n) is 8.42. The van der Waals surface area contributed by atoms with Gasteiger partial charge in [0, 0.05) is 18.5 Å². The topological polar surface area (TPSA) is 96.0 Å². The third-order valence-corrected chi connectivity index (χ3v) is 9.69. The molecule has 0 radical (unpaired) electrons. The summed E-state index contributed by atoms with van der Waals surface area (Å²) >= 11 is 0. The zero-order valence-corrected chi connectivity index (χ0v) is 23.1. The molecule has 0 spiro atoms. The molecule has 5 atom stereocenters. The Kier molecular flexibility index (Phi) is 8.48. The number of halogens is 1. The highest BCUT2D eigenvalue weighted by Crippen LogP contribution is 2.37. The molecule has 206 valence electrons. The van der Waals surface area contributed by atoms with Crippen LogP contribution in [0.5, 0.6) is 5.75 Å². The van der Waals surface area contributed by atoms with Crippen molar-refractivity contribution in [3.05, 3.63) is 29.6 Å². The van der Waals surface area contributed by atoms with Gasteiger partial charge in [-0.2, -0.15) is 4.31 Å². The predicted octanol–water partition coefficient (Wildman–Crippen LogP) is 3.24. The molecule has 3 aliphatic rings. The maximum Gasteiger partial charge on any atom is 0.245 e. The number of fused-ring (bicyclic) bond motifs is 1. The zero-order valence-electron chi connectivity index (χ0n) is 22.3. The summed E-state index contributed by atoms with van der Waals surface area (Å²) in [5.41, 5.74) is 0.486. The molecule has 3 fully saturated rings. The lowest BCUT2D eigenvalue weighted by Crippen LogP contribution is -2.57. The van der Waals surface area contributed by atoms with E-state index in [1.54, 1.807) is 24.0 Å². The molecule has 8 nitrogen and oxygen atoms in total. The van der Waals surface area contributed by atoms with Gasteiger partial charge in [-0.3, -0.25) is 9.59 Å². The lowest BCUT2D eigenvalue weighted by Gasteiger charge is -2.36. The summed E-state index contributed by atoms with van der Waals surface area (Å²) < 4.78 is 47.1. The van der Waals surface area contributed by atoms with Crippen LogP contribution < -0.4 is 10.1 Å². The molecule has 0 bridgehead atoms. The molecule has 37 heavy (non-hydrogen) atoms. The van der Waals surface area contributed by atoms with E-state index in [1.165, 1.54) is 16.6 Å². The first-order valence-corrected chi connectivity index (χ1v) is 15.4. The number of carbonyl (C=O) groups is 2. The molecular weight excluding hydrogens is 497 g/mol. The molecule has 2 aliphatic heterocycles. The first kappa shape index (κ1) is 27.8. The van der Waals surface area contributed by atoms with Crippen LogP contribution >= 0.6 is 0 Å². The van der Waals surface area contributed by atoms with Gasteiger partial charge in [-0.15, -0.1) is 0 Å². The number of sulfonamides is 1. The third kappa shape index (κ3) is 5.95. The Labute approximate surface area is 220 Å². The minimum atomic E-state index is -3.55. The number of rotatable bonds is 8. The normalized spacial score (nSPS) is 26.5. The summed E-state index contributed by atoms with van der Waals surface area (Å²) in [4.78, 5) is 28.7. The quantitative estimate of drug-likeness (QED) is 0.549. The van der Waals surface area contributed by atoms with Crippen molar-refractivity contribution < 1.29 is 27.1 Å². The number of likely N-dealkylation sites (tertiary alicyclic amines) is 1. The number of carbonyl (C=O) groups excluding carboxylic acids is 2. The summed E-state index contributed by atoms with van der Waals surface area (Å²) in [5.74, 6) is -0.563. The Hall–Kier alpha value is -2.20. The van der Waals surface area contributed by atoms with Crippen LogP contribution in [0.25, 0.3) is 0 Å². The molecule has 2 amide bonds. The fraction of sp³-hybridized carbons (Fsp3) is 0.704. The minimum Gasteiger partial charge on any atom is -0.487 e. The van der Waals surface area contributed by atoms with Crippen LogP contribution in [0, 0.1) is 24.6 Å². The summed E-state index contributed by atoms with van der Waals surface area (Å²) in [6, 6.07) is 2.99. The van der Waals surface area contributed by atoms with Crippen molar-refractivity contribution >= 4 is 21.8 Å². The SMILES string of the molecule is CC[C@@H](C)C(=O)N[C@H](C(=O)N1CC[C@@H]2[C@H]1[C@@H](Oc1ccc(C)c(F)c1)CN2S(C)(=O)=O)C1CCCCC1. The maximum atomic E-state index is 14.2. The van der Waals surface area contributed by atoms with Crippen molar-refractivity contribution in [3.63, 3.8) is 0 Å². The van der Waals surface area contributed by atoms with Crippen molar-refractivity contribution in [3.8, 4) is 5.75 Å². The molecule has 1 saturated carbocycles. The number of benzene rings is 1. The lowest BCUT2D eigenvalue weighted by molar-refractivity contribution is -0.141. The van der Waals surface area contributed by atoms with Crippen LogP contribution in [0.3, 0.4) is 0 Å². The predicted molar refractivity (Wildman–Crippen MR) is 139 cm³/mol. The first-order valence-electron chi connectivity index (χ1n) is 13.5. The maximum absolute atomic E-state index is 14.2. The number of hydrogen-bond donors (Lipinski definition) is 1. The van der Waals surface area contributed by atoms with Gasteiger partial charge in [-0.05, 0) is 50.2 Å². The molecule has 1 N–H and O–H groups in total. The van der Waals surface area contributed by atoms with Crippen molar-refractivity contribution in [1.82, 2.24) is 14.5 Å². The van der Waals surface area contributed by atoms with E-state index in [2.05, 4.69) is 5.32 Å². The minimum absolute atomic E-state index is 0.0475. The average molecular weight is 538 g/mol. The van der Waals surface area contributed by atoms with Crippen LogP contribution in [-0.4, -0.2) is 73.0 Å². The molecular formula is C27H40FN3O5S. The Morgan fingerprint density at radius 1 is 1.19 bits per heavy atom. The van der Waals surface area contributed by atoms with Gasteiger partial charge in [0.05, 0.1) is 24.9 Å². The second kappa shape index (κ2) is 11.3. The van der Waals surface area contributed by atoms with Crippen LogP contribution in [-0.2, 0) is 19.6 Å². The highest BCUT2D eigenvalue weighted by Gasteiger charge is 2.55. The fourth-order valence-corrected chi connectivity index (χ4v) is 7.20. The van der Waals surface area contributed by atoms with Crippen molar-refractivity contribution in [2.75, 3.05) is 19.3 Å². The second-order valence-electron chi connectivity index (χ2n) is 11.0. The number of nitrogens with zero attached hydrogens (tertiary/aromatic N) is 2. The molecule has 10 heteroatoms. The van der Waals surface area contributed by atoms with Gasteiger partial charge in [0.1, 0.15) is 23.7 Å². The van der Waals surface area contributed by atoms with Crippen molar-refractivity contribution in [2.45, 2.75) is 89.9 Å². The monoisotopic (exact) mass is 537 g/mol. The van der Waals surface area contributed by atoms with E-state index in [1.807, 2.05) is 13.8 Å². The zero-order chi connectivity index (χ0) is 26.9. The summed E-state index contributed by atoms with van der Waals surface area (Å²) in [5, 5.41) is 3.06. The average Bonchev–Trinajstić information content (AvgIpc) is 3.45. The standard InChI is InChI=1S/C27H40FN3O5S/c1-5-17(2)26(32)29-24(19-9-7-6-8-10-19)27(33)30-14-13-22-25(30)23(16-31(22)37(4,34)35)36-20-12-11-18(3)21(28)15-20/h11-12,15,17,19,22-25H,5-10,13-14,16H2,1-4H3,(H,29,32)/t17-,22-,23+,24+,25+/m1/s1. The van der Waals surface area contributed by atoms with Gasteiger partial charge in [-0.25, -0.2) is 12.8 Å². The Morgan fingerprint density at radius 3 is 2.51 bits per heavy atom. The van der Waals surface area contributed by atoms with Crippen LogP contribution in [0.1, 0.15) is 64.4 Å². The van der Waals surface area contributed by atoms with Crippen LogP contribution in [0.2, 0.25) is 0 Å². The van der Waals surface area contributed by atoms with Crippen molar-refractivity contribution in [2.24, 2.45) is 11.8 Å². The molecule has 1 aliphatic carbocycles. The number of hydrogen-bond acceptors (Lipinski definition) is 5. The number of amides is 2. The molecule has 0 aromatic heterocycles. The highest BCUT2D eigenvalue weighted by atomic mass is 32.2. The lowest BCUT2D eigenvalue weighted by atomic mass is 9.83. The number of ether oxygens (including phenoxy) is 1. The summed E-state index contributed by atoms with van der Waals surface area (Å²) in [6.45, 7) is 5.92. The van der Waals surface area contributed by atoms with Gasteiger partial charge >= 0.3 is 0 Å². The van der Waals surface area contributed by atoms with Gasteiger partial charge in [0.25, 0.3) is 0 Å². The fourth-order valence-electron chi connectivity index (χ4n) is 6.06.